The van der Waals surface area contributed by atoms with Gasteiger partial charge in [-0.3, -0.25) is 14.4 Å². The smallest absolute Gasteiger partial charge is 0.306 e. The molecular formula is C45H86O6. The molecule has 6 nitrogen and oxygen atoms in total. The van der Waals surface area contributed by atoms with E-state index >= 15 is 0 Å². The van der Waals surface area contributed by atoms with Crippen molar-refractivity contribution in [2.24, 2.45) is 5.92 Å². The second-order valence-corrected chi connectivity index (χ2v) is 15.8. The summed E-state index contributed by atoms with van der Waals surface area (Å²) in [6.07, 6.45) is 38.3. The van der Waals surface area contributed by atoms with Gasteiger partial charge in [-0.25, -0.2) is 0 Å². The van der Waals surface area contributed by atoms with Crippen molar-refractivity contribution in [3.63, 3.8) is 0 Å². The van der Waals surface area contributed by atoms with Crippen LogP contribution in [0.4, 0.5) is 0 Å². The number of rotatable bonds is 40. The van der Waals surface area contributed by atoms with Crippen molar-refractivity contribution in [1.29, 1.82) is 0 Å². The van der Waals surface area contributed by atoms with Crippen molar-refractivity contribution >= 4 is 17.9 Å². The number of unbranched alkanes of at least 4 members (excludes halogenated alkanes) is 27. The number of ether oxygens (including phenoxy) is 3. The lowest BCUT2D eigenvalue weighted by atomic mass is 10.0. The number of esters is 3. The van der Waals surface area contributed by atoms with Crippen molar-refractivity contribution in [3.8, 4) is 0 Å². The summed E-state index contributed by atoms with van der Waals surface area (Å²) in [6.45, 7) is 8.89. The van der Waals surface area contributed by atoms with E-state index in [9.17, 15) is 14.4 Å². The molecule has 0 saturated heterocycles. The Labute approximate surface area is 317 Å². The van der Waals surface area contributed by atoms with Gasteiger partial charge in [-0.05, 0) is 25.2 Å². The van der Waals surface area contributed by atoms with Crippen LogP contribution in [0.3, 0.4) is 0 Å². The van der Waals surface area contributed by atoms with Gasteiger partial charge in [0.05, 0.1) is 0 Å². The van der Waals surface area contributed by atoms with Crippen LogP contribution in [-0.4, -0.2) is 37.2 Å². The number of hydrogen-bond donors (Lipinski definition) is 0. The molecular weight excluding hydrogens is 636 g/mol. The first-order valence-electron chi connectivity index (χ1n) is 22.4. The van der Waals surface area contributed by atoms with E-state index in [0.717, 1.165) is 70.1 Å². The fraction of sp³-hybridized carbons (Fsp3) is 0.933. The van der Waals surface area contributed by atoms with Gasteiger partial charge in [-0.1, -0.05) is 207 Å². The minimum atomic E-state index is -0.757. The Hall–Kier alpha value is -1.59. The van der Waals surface area contributed by atoms with E-state index in [1.165, 1.54) is 135 Å². The van der Waals surface area contributed by atoms with Crippen molar-refractivity contribution in [2.75, 3.05) is 13.2 Å². The van der Waals surface area contributed by atoms with Gasteiger partial charge in [-0.15, -0.1) is 0 Å². The quantitative estimate of drug-likeness (QED) is 0.0356. The van der Waals surface area contributed by atoms with E-state index in [2.05, 4.69) is 27.7 Å². The molecule has 6 heteroatoms. The number of carbonyl (C=O) groups is 3. The van der Waals surface area contributed by atoms with Crippen LogP contribution in [-0.2, 0) is 28.6 Å². The molecule has 0 rings (SSSR count). The first kappa shape index (κ1) is 49.4. The average molecular weight is 723 g/mol. The highest BCUT2D eigenvalue weighted by Gasteiger charge is 2.19. The maximum Gasteiger partial charge on any atom is 0.306 e. The Kier molecular flexibility index (Phi) is 38.4. The molecule has 0 aromatic carbocycles. The average Bonchev–Trinajstić information content (AvgIpc) is 3.11. The molecule has 0 aliphatic rings. The van der Waals surface area contributed by atoms with E-state index in [0.29, 0.717) is 19.3 Å². The molecule has 0 aromatic heterocycles. The van der Waals surface area contributed by atoms with Crippen LogP contribution >= 0.6 is 0 Å². The van der Waals surface area contributed by atoms with Gasteiger partial charge < -0.3 is 14.2 Å². The summed E-state index contributed by atoms with van der Waals surface area (Å²) in [7, 11) is 0. The Balaban J connectivity index is 4.17. The van der Waals surface area contributed by atoms with Crippen LogP contribution in [0.25, 0.3) is 0 Å². The van der Waals surface area contributed by atoms with Crippen LogP contribution in [0, 0.1) is 5.92 Å². The molecule has 1 atom stereocenters. The van der Waals surface area contributed by atoms with Crippen molar-refractivity contribution < 1.29 is 28.6 Å². The van der Waals surface area contributed by atoms with Crippen LogP contribution < -0.4 is 0 Å². The third-order valence-corrected chi connectivity index (χ3v) is 10.0. The van der Waals surface area contributed by atoms with Gasteiger partial charge >= 0.3 is 17.9 Å². The normalized spacial score (nSPS) is 11.9. The van der Waals surface area contributed by atoms with E-state index in [1.807, 2.05) is 0 Å². The van der Waals surface area contributed by atoms with Gasteiger partial charge in [0.15, 0.2) is 6.10 Å². The third kappa shape index (κ3) is 39.5. The summed E-state index contributed by atoms with van der Waals surface area (Å²) in [6, 6.07) is 0. The molecule has 0 heterocycles. The Morgan fingerprint density at radius 3 is 0.961 bits per heavy atom. The summed E-state index contributed by atoms with van der Waals surface area (Å²) in [5.41, 5.74) is 0. The van der Waals surface area contributed by atoms with Crippen molar-refractivity contribution in [2.45, 2.75) is 252 Å². The molecule has 0 aliphatic carbocycles. The number of hydrogen-bond acceptors (Lipinski definition) is 6. The third-order valence-electron chi connectivity index (χ3n) is 10.0. The standard InChI is InChI=1S/C45H86O6/c1-5-7-9-11-12-13-14-15-16-17-18-19-22-25-29-33-37-44(47)50-40-42(39-49-43(46)36-32-27-10-8-6-2)51-45(48)38-34-30-26-23-20-21-24-28-31-35-41(3)4/h41-42H,5-40H2,1-4H3/t42-/m1/s1. The Morgan fingerprint density at radius 1 is 0.373 bits per heavy atom. The molecule has 0 unspecified atom stereocenters. The van der Waals surface area contributed by atoms with Gasteiger partial charge in [-0.2, -0.15) is 0 Å². The van der Waals surface area contributed by atoms with E-state index in [1.54, 1.807) is 0 Å². The molecule has 0 saturated carbocycles. The second kappa shape index (κ2) is 39.6. The fourth-order valence-electron chi connectivity index (χ4n) is 6.63. The first-order valence-corrected chi connectivity index (χ1v) is 22.4. The zero-order chi connectivity index (χ0) is 37.5. The van der Waals surface area contributed by atoms with Gasteiger partial charge in [0, 0.05) is 19.3 Å². The molecule has 0 aliphatic heterocycles. The summed E-state index contributed by atoms with van der Waals surface area (Å²) in [5, 5.41) is 0. The lowest BCUT2D eigenvalue weighted by molar-refractivity contribution is -0.167. The fourth-order valence-corrected chi connectivity index (χ4v) is 6.63. The summed E-state index contributed by atoms with van der Waals surface area (Å²) >= 11 is 0. The van der Waals surface area contributed by atoms with Crippen LogP contribution in [0.2, 0.25) is 0 Å². The monoisotopic (exact) mass is 723 g/mol. The molecule has 0 spiro atoms. The maximum atomic E-state index is 12.6. The molecule has 0 bridgehead atoms. The lowest BCUT2D eigenvalue weighted by Gasteiger charge is -2.18. The molecule has 302 valence electrons. The lowest BCUT2D eigenvalue weighted by Crippen LogP contribution is -2.30. The summed E-state index contributed by atoms with van der Waals surface area (Å²) < 4.78 is 16.6. The molecule has 51 heavy (non-hydrogen) atoms. The zero-order valence-electron chi connectivity index (χ0n) is 34.6. The SMILES string of the molecule is CCCCCCCCCCCCCCCCCCC(=O)OC[C@@H](COC(=O)CCCCCCC)OC(=O)CCCCCCCCCCCC(C)C. The maximum absolute atomic E-state index is 12.6. The van der Waals surface area contributed by atoms with Crippen LogP contribution in [0.1, 0.15) is 246 Å². The molecule has 0 aromatic rings. The Morgan fingerprint density at radius 2 is 0.647 bits per heavy atom. The highest BCUT2D eigenvalue weighted by atomic mass is 16.6. The Bertz CT molecular complexity index is 766. The van der Waals surface area contributed by atoms with Crippen LogP contribution in [0.5, 0.6) is 0 Å². The van der Waals surface area contributed by atoms with Gasteiger partial charge in [0.2, 0.25) is 0 Å². The minimum absolute atomic E-state index is 0.0651. The zero-order valence-corrected chi connectivity index (χ0v) is 34.6. The molecule has 0 fully saturated rings. The molecule has 0 amide bonds. The second-order valence-electron chi connectivity index (χ2n) is 15.8. The van der Waals surface area contributed by atoms with E-state index < -0.39 is 6.10 Å². The summed E-state index contributed by atoms with van der Waals surface area (Å²) in [5.74, 6) is -0.0642. The predicted octanol–water partition coefficient (Wildman–Crippen LogP) is 13.9. The summed E-state index contributed by atoms with van der Waals surface area (Å²) in [4.78, 5) is 37.4. The van der Waals surface area contributed by atoms with E-state index in [-0.39, 0.29) is 31.1 Å². The van der Waals surface area contributed by atoms with Gasteiger partial charge in [0.1, 0.15) is 13.2 Å². The van der Waals surface area contributed by atoms with Gasteiger partial charge in [0.25, 0.3) is 0 Å². The topological polar surface area (TPSA) is 78.9 Å². The van der Waals surface area contributed by atoms with Crippen molar-refractivity contribution in [3.05, 3.63) is 0 Å². The van der Waals surface area contributed by atoms with E-state index in [4.69, 9.17) is 14.2 Å². The number of carbonyl (C=O) groups excluding carboxylic acids is 3. The molecule has 0 N–H and O–H groups in total. The minimum Gasteiger partial charge on any atom is -0.462 e. The predicted molar refractivity (Wildman–Crippen MR) is 215 cm³/mol. The molecule has 0 radical (unpaired) electrons. The largest absolute Gasteiger partial charge is 0.462 e. The first-order chi connectivity index (χ1) is 24.9. The highest BCUT2D eigenvalue weighted by Crippen LogP contribution is 2.16. The highest BCUT2D eigenvalue weighted by molar-refractivity contribution is 5.71. The van der Waals surface area contributed by atoms with Crippen LogP contribution in [0.15, 0.2) is 0 Å². The van der Waals surface area contributed by atoms with Crippen molar-refractivity contribution in [1.82, 2.24) is 0 Å².